The van der Waals surface area contributed by atoms with Crippen LogP contribution in [0.3, 0.4) is 0 Å². The number of hydrogen-bond acceptors (Lipinski definition) is 3. The normalized spacial score (nSPS) is 9.68. The minimum Gasteiger partial charge on any atom is -0.348 e. The van der Waals surface area contributed by atoms with E-state index in [2.05, 4.69) is 10.3 Å². The number of amides is 1. The fourth-order valence-electron chi connectivity index (χ4n) is 1.66. The van der Waals surface area contributed by atoms with Gasteiger partial charge in [0.1, 0.15) is 6.07 Å². The van der Waals surface area contributed by atoms with Crippen molar-refractivity contribution in [3.63, 3.8) is 0 Å². The molecular weight excluding hydrogens is 238 g/mol. The minimum atomic E-state index is -0.287. The second-order valence-electron chi connectivity index (χ2n) is 4.20. The average Bonchev–Trinajstić information content (AvgIpc) is 2.46. The molecule has 2 aromatic rings. The van der Waals surface area contributed by atoms with E-state index in [1.165, 1.54) is 24.0 Å². The Kier molecular flexibility index (Phi) is 3.89. The van der Waals surface area contributed by atoms with Gasteiger partial charge in [-0.05, 0) is 18.6 Å². The largest absolute Gasteiger partial charge is 0.348 e. The third-order valence-corrected chi connectivity index (χ3v) is 2.76. The molecule has 1 aromatic carbocycles. The molecule has 0 fully saturated rings. The monoisotopic (exact) mass is 251 g/mol. The molecule has 0 unspecified atom stereocenters. The number of hydrogen-bond donors (Lipinski definition) is 1. The van der Waals surface area contributed by atoms with Crippen molar-refractivity contribution in [3.05, 3.63) is 65.0 Å². The maximum absolute atomic E-state index is 12.0. The molecule has 0 aliphatic heterocycles. The Balaban J connectivity index is 2.06. The predicted octanol–water partition coefficient (Wildman–Crippen LogP) is 2.19. The number of benzene rings is 1. The molecule has 0 aliphatic carbocycles. The molecule has 4 heteroatoms. The highest BCUT2D eigenvalue weighted by atomic mass is 16.1. The molecule has 0 atom stereocenters. The molecule has 94 valence electrons. The molecular formula is C15H13N3O. The molecule has 0 aliphatic rings. The van der Waals surface area contributed by atoms with Gasteiger partial charge in [-0.2, -0.15) is 5.26 Å². The van der Waals surface area contributed by atoms with E-state index in [4.69, 9.17) is 5.26 Å². The van der Waals surface area contributed by atoms with Crippen LogP contribution in [0.2, 0.25) is 0 Å². The number of aryl methyl sites for hydroxylation is 1. The van der Waals surface area contributed by atoms with Crippen LogP contribution < -0.4 is 5.32 Å². The molecule has 1 aromatic heterocycles. The van der Waals surface area contributed by atoms with Gasteiger partial charge in [0.15, 0.2) is 0 Å². The molecule has 1 amide bonds. The molecule has 4 nitrogen and oxygen atoms in total. The zero-order chi connectivity index (χ0) is 13.7. The number of nitrogens with one attached hydrogen (secondary N) is 1. The standard InChI is InChI=1S/C15H13N3O/c1-11-2-4-12(5-3-11)9-18-15(19)14-10-17-7-6-13(14)8-16/h2-7,10H,9H2,1H3,(H,18,19). The van der Waals surface area contributed by atoms with Crippen LogP contribution >= 0.6 is 0 Å². The third kappa shape index (κ3) is 3.17. The van der Waals surface area contributed by atoms with E-state index in [0.29, 0.717) is 17.7 Å². The summed E-state index contributed by atoms with van der Waals surface area (Å²) < 4.78 is 0. The first kappa shape index (κ1) is 12.8. The molecule has 0 radical (unpaired) electrons. The van der Waals surface area contributed by atoms with Gasteiger partial charge >= 0.3 is 0 Å². The van der Waals surface area contributed by atoms with Gasteiger partial charge in [-0.15, -0.1) is 0 Å². The quantitative estimate of drug-likeness (QED) is 0.909. The summed E-state index contributed by atoms with van der Waals surface area (Å²) in [6.07, 6.45) is 2.90. The van der Waals surface area contributed by atoms with Gasteiger partial charge < -0.3 is 5.32 Å². The first-order chi connectivity index (χ1) is 9.20. The number of pyridine rings is 1. The maximum atomic E-state index is 12.0. The lowest BCUT2D eigenvalue weighted by atomic mass is 10.1. The fraction of sp³-hybridized carbons (Fsp3) is 0.133. The van der Waals surface area contributed by atoms with E-state index >= 15 is 0 Å². The summed E-state index contributed by atoms with van der Waals surface area (Å²) in [6, 6.07) is 11.4. The van der Waals surface area contributed by atoms with Crippen LogP contribution in [0.15, 0.2) is 42.7 Å². The lowest BCUT2D eigenvalue weighted by Crippen LogP contribution is -2.23. The highest BCUT2D eigenvalue weighted by Crippen LogP contribution is 2.06. The molecule has 1 heterocycles. The summed E-state index contributed by atoms with van der Waals surface area (Å²) in [5, 5.41) is 11.7. The SMILES string of the molecule is Cc1ccc(CNC(=O)c2cnccc2C#N)cc1. The Morgan fingerprint density at radius 2 is 2.05 bits per heavy atom. The zero-order valence-electron chi connectivity index (χ0n) is 10.6. The van der Waals surface area contributed by atoms with Crippen LogP contribution in [-0.2, 0) is 6.54 Å². The number of aromatic nitrogens is 1. The van der Waals surface area contributed by atoms with E-state index < -0.39 is 0 Å². The summed E-state index contributed by atoms with van der Waals surface area (Å²) in [5.74, 6) is -0.287. The lowest BCUT2D eigenvalue weighted by Gasteiger charge is -2.06. The topological polar surface area (TPSA) is 65.8 Å². The number of nitrogens with zero attached hydrogens (tertiary/aromatic N) is 2. The van der Waals surface area contributed by atoms with Gasteiger partial charge in [-0.3, -0.25) is 9.78 Å². The van der Waals surface area contributed by atoms with Gasteiger partial charge in [0.05, 0.1) is 11.1 Å². The van der Waals surface area contributed by atoms with Crippen LogP contribution in [0.25, 0.3) is 0 Å². The van der Waals surface area contributed by atoms with Gasteiger partial charge in [-0.25, -0.2) is 0 Å². The first-order valence-corrected chi connectivity index (χ1v) is 5.88. The second-order valence-corrected chi connectivity index (χ2v) is 4.20. The van der Waals surface area contributed by atoms with Gasteiger partial charge in [0.25, 0.3) is 5.91 Å². The zero-order valence-corrected chi connectivity index (χ0v) is 10.6. The summed E-state index contributed by atoms with van der Waals surface area (Å²) in [6.45, 7) is 2.44. The Morgan fingerprint density at radius 3 is 2.74 bits per heavy atom. The molecule has 19 heavy (non-hydrogen) atoms. The Labute approximate surface area is 111 Å². The molecule has 1 N–H and O–H groups in total. The molecule has 0 bridgehead atoms. The van der Waals surface area contributed by atoms with Crippen molar-refractivity contribution in [2.24, 2.45) is 0 Å². The predicted molar refractivity (Wildman–Crippen MR) is 71.3 cm³/mol. The third-order valence-electron chi connectivity index (χ3n) is 2.76. The van der Waals surface area contributed by atoms with Crippen molar-refractivity contribution < 1.29 is 4.79 Å². The first-order valence-electron chi connectivity index (χ1n) is 5.88. The van der Waals surface area contributed by atoms with Crippen LogP contribution in [0.1, 0.15) is 27.0 Å². The molecule has 0 saturated heterocycles. The van der Waals surface area contributed by atoms with Crippen molar-refractivity contribution >= 4 is 5.91 Å². The van der Waals surface area contributed by atoms with E-state index in [9.17, 15) is 4.79 Å². The van der Waals surface area contributed by atoms with E-state index in [1.54, 1.807) is 0 Å². The van der Waals surface area contributed by atoms with Crippen LogP contribution in [0.5, 0.6) is 0 Å². The summed E-state index contributed by atoms with van der Waals surface area (Å²) in [4.78, 5) is 15.8. The van der Waals surface area contributed by atoms with Crippen molar-refractivity contribution in [2.45, 2.75) is 13.5 Å². The Hall–Kier alpha value is -2.67. The molecule has 0 spiro atoms. The van der Waals surface area contributed by atoms with Crippen LogP contribution in [0.4, 0.5) is 0 Å². The Morgan fingerprint density at radius 1 is 1.32 bits per heavy atom. The van der Waals surface area contributed by atoms with Crippen molar-refractivity contribution in [3.8, 4) is 6.07 Å². The lowest BCUT2D eigenvalue weighted by molar-refractivity contribution is 0.0950. The molecule has 2 rings (SSSR count). The van der Waals surface area contributed by atoms with E-state index in [0.717, 1.165) is 5.56 Å². The number of nitriles is 1. The van der Waals surface area contributed by atoms with Crippen LogP contribution in [-0.4, -0.2) is 10.9 Å². The highest BCUT2D eigenvalue weighted by Gasteiger charge is 2.10. The fourth-order valence-corrected chi connectivity index (χ4v) is 1.66. The van der Waals surface area contributed by atoms with Crippen molar-refractivity contribution in [1.82, 2.24) is 10.3 Å². The Bertz CT molecular complexity index is 627. The smallest absolute Gasteiger partial charge is 0.254 e. The van der Waals surface area contributed by atoms with E-state index in [-0.39, 0.29) is 5.91 Å². The summed E-state index contributed by atoms with van der Waals surface area (Å²) in [5.41, 5.74) is 2.82. The number of rotatable bonds is 3. The van der Waals surface area contributed by atoms with Gasteiger partial charge in [0, 0.05) is 18.9 Å². The molecule has 0 saturated carbocycles. The van der Waals surface area contributed by atoms with Crippen molar-refractivity contribution in [1.29, 1.82) is 5.26 Å². The summed E-state index contributed by atoms with van der Waals surface area (Å²) >= 11 is 0. The van der Waals surface area contributed by atoms with Crippen LogP contribution in [0, 0.1) is 18.3 Å². The number of carbonyl (C=O) groups is 1. The second kappa shape index (κ2) is 5.78. The highest BCUT2D eigenvalue weighted by molar-refractivity contribution is 5.96. The summed E-state index contributed by atoms with van der Waals surface area (Å²) in [7, 11) is 0. The van der Waals surface area contributed by atoms with Crippen molar-refractivity contribution in [2.75, 3.05) is 0 Å². The van der Waals surface area contributed by atoms with E-state index in [1.807, 2.05) is 37.3 Å². The maximum Gasteiger partial charge on any atom is 0.254 e. The van der Waals surface area contributed by atoms with Gasteiger partial charge in [0.2, 0.25) is 0 Å². The average molecular weight is 251 g/mol. The minimum absolute atomic E-state index is 0.287. The number of carbonyl (C=O) groups excluding carboxylic acids is 1. The van der Waals surface area contributed by atoms with Gasteiger partial charge in [-0.1, -0.05) is 29.8 Å².